The van der Waals surface area contributed by atoms with Gasteiger partial charge in [-0.15, -0.1) is 11.3 Å². The lowest BCUT2D eigenvalue weighted by Gasteiger charge is -2.07. The SMILES string of the molecule is Cc1ccsc1C(=O)NCC(=O)Nc1ccc(F)c(F)c1. The van der Waals surface area contributed by atoms with Crippen LogP contribution in [0.25, 0.3) is 0 Å². The van der Waals surface area contributed by atoms with E-state index < -0.39 is 17.5 Å². The first-order valence-electron chi connectivity index (χ1n) is 6.04. The van der Waals surface area contributed by atoms with Gasteiger partial charge in [0.15, 0.2) is 11.6 Å². The lowest BCUT2D eigenvalue weighted by Crippen LogP contribution is -2.32. The molecule has 0 aliphatic rings. The van der Waals surface area contributed by atoms with Crippen LogP contribution in [-0.4, -0.2) is 18.4 Å². The number of anilines is 1. The van der Waals surface area contributed by atoms with Crippen LogP contribution in [0.5, 0.6) is 0 Å². The van der Waals surface area contributed by atoms with Crippen molar-refractivity contribution < 1.29 is 18.4 Å². The summed E-state index contributed by atoms with van der Waals surface area (Å²) in [5.41, 5.74) is 0.957. The predicted molar refractivity (Wildman–Crippen MR) is 76.4 cm³/mol. The summed E-state index contributed by atoms with van der Waals surface area (Å²) in [4.78, 5) is 24.0. The van der Waals surface area contributed by atoms with E-state index >= 15 is 0 Å². The first-order chi connectivity index (χ1) is 9.97. The number of hydrogen-bond acceptors (Lipinski definition) is 3. The van der Waals surface area contributed by atoms with Crippen LogP contribution in [0, 0.1) is 18.6 Å². The topological polar surface area (TPSA) is 58.2 Å². The molecule has 110 valence electrons. The maximum Gasteiger partial charge on any atom is 0.262 e. The summed E-state index contributed by atoms with van der Waals surface area (Å²) in [6.45, 7) is 1.54. The zero-order chi connectivity index (χ0) is 15.4. The second-order valence-corrected chi connectivity index (χ2v) is 5.21. The zero-order valence-electron chi connectivity index (χ0n) is 11.1. The normalized spacial score (nSPS) is 10.2. The Morgan fingerprint density at radius 3 is 2.57 bits per heavy atom. The fourth-order valence-electron chi connectivity index (χ4n) is 1.63. The minimum Gasteiger partial charge on any atom is -0.342 e. The van der Waals surface area contributed by atoms with Crippen LogP contribution >= 0.6 is 11.3 Å². The van der Waals surface area contributed by atoms with E-state index in [1.807, 2.05) is 0 Å². The number of carbonyl (C=O) groups excluding carboxylic acids is 2. The molecule has 0 aliphatic carbocycles. The predicted octanol–water partition coefficient (Wildman–Crippen LogP) is 2.70. The van der Waals surface area contributed by atoms with Crippen molar-refractivity contribution in [2.75, 3.05) is 11.9 Å². The molecule has 2 amide bonds. The number of thiophene rings is 1. The van der Waals surface area contributed by atoms with Crippen LogP contribution in [0.2, 0.25) is 0 Å². The highest BCUT2D eigenvalue weighted by Crippen LogP contribution is 2.15. The molecule has 0 radical (unpaired) electrons. The van der Waals surface area contributed by atoms with E-state index in [1.165, 1.54) is 17.4 Å². The smallest absolute Gasteiger partial charge is 0.262 e. The lowest BCUT2D eigenvalue weighted by atomic mass is 10.3. The molecule has 7 heteroatoms. The van der Waals surface area contributed by atoms with Crippen molar-refractivity contribution in [2.24, 2.45) is 0 Å². The third kappa shape index (κ3) is 3.85. The van der Waals surface area contributed by atoms with Crippen LogP contribution in [0.1, 0.15) is 15.2 Å². The molecule has 2 aromatic rings. The van der Waals surface area contributed by atoms with Gasteiger partial charge < -0.3 is 10.6 Å². The molecule has 0 saturated heterocycles. The number of carbonyl (C=O) groups is 2. The van der Waals surface area contributed by atoms with Crippen LogP contribution < -0.4 is 10.6 Å². The summed E-state index contributed by atoms with van der Waals surface area (Å²) in [6, 6.07) is 4.83. The van der Waals surface area contributed by atoms with Gasteiger partial charge in [0, 0.05) is 11.8 Å². The summed E-state index contributed by atoms with van der Waals surface area (Å²) in [5.74, 6) is -2.91. The molecule has 0 fully saturated rings. The van der Waals surface area contributed by atoms with Crippen LogP contribution in [-0.2, 0) is 4.79 Å². The quantitative estimate of drug-likeness (QED) is 0.912. The van der Waals surface area contributed by atoms with Gasteiger partial charge in [-0.1, -0.05) is 0 Å². The van der Waals surface area contributed by atoms with Crippen molar-refractivity contribution in [2.45, 2.75) is 6.92 Å². The Balaban J connectivity index is 1.89. The molecule has 2 N–H and O–H groups in total. The molecule has 0 bridgehead atoms. The number of nitrogens with one attached hydrogen (secondary N) is 2. The van der Waals surface area contributed by atoms with Gasteiger partial charge in [-0.25, -0.2) is 8.78 Å². The summed E-state index contributed by atoms with van der Waals surface area (Å²) in [5, 5.41) is 6.62. The van der Waals surface area contributed by atoms with Crippen molar-refractivity contribution in [1.82, 2.24) is 5.32 Å². The number of benzene rings is 1. The van der Waals surface area contributed by atoms with Crippen molar-refractivity contribution in [1.29, 1.82) is 0 Å². The Hall–Kier alpha value is -2.28. The van der Waals surface area contributed by atoms with Crippen molar-refractivity contribution in [3.8, 4) is 0 Å². The molecule has 1 aromatic heterocycles. The maximum atomic E-state index is 13.0. The van der Waals surface area contributed by atoms with Gasteiger partial charge in [0.25, 0.3) is 5.91 Å². The van der Waals surface area contributed by atoms with Gasteiger partial charge in [-0.05, 0) is 36.1 Å². The molecule has 0 saturated carbocycles. The second-order valence-electron chi connectivity index (χ2n) is 4.29. The molecular formula is C14H12F2N2O2S. The van der Waals surface area contributed by atoms with E-state index in [4.69, 9.17) is 0 Å². The Labute approximate surface area is 123 Å². The van der Waals surface area contributed by atoms with Crippen LogP contribution in [0.3, 0.4) is 0 Å². The molecule has 2 rings (SSSR count). The lowest BCUT2D eigenvalue weighted by molar-refractivity contribution is -0.115. The van der Waals surface area contributed by atoms with Gasteiger partial charge in [0.05, 0.1) is 11.4 Å². The van der Waals surface area contributed by atoms with Crippen molar-refractivity contribution >= 4 is 28.8 Å². The van der Waals surface area contributed by atoms with E-state index in [0.29, 0.717) is 4.88 Å². The second kappa shape index (κ2) is 6.45. The van der Waals surface area contributed by atoms with E-state index in [0.717, 1.165) is 17.7 Å². The third-order valence-electron chi connectivity index (χ3n) is 2.68. The van der Waals surface area contributed by atoms with Gasteiger partial charge >= 0.3 is 0 Å². The molecule has 1 aromatic carbocycles. The highest BCUT2D eigenvalue weighted by atomic mass is 32.1. The number of amides is 2. The summed E-state index contributed by atoms with van der Waals surface area (Å²) >= 11 is 1.28. The van der Waals surface area contributed by atoms with Gasteiger partial charge in [-0.2, -0.15) is 0 Å². The molecular weight excluding hydrogens is 298 g/mol. The summed E-state index contributed by atoms with van der Waals surface area (Å²) in [6.07, 6.45) is 0. The van der Waals surface area contributed by atoms with E-state index in [2.05, 4.69) is 10.6 Å². The molecule has 1 heterocycles. The Morgan fingerprint density at radius 1 is 1.19 bits per heavy atom. The first-order valence-corrected chi connectivity index (χ1v) is 6.92. The fraction of sp³-hybridized carbons (Fsp3) is 0.143. The number of hydrogen-bond donors (Lipinski definition) is 2. The Morgan fingerprint density at radius 2 is 1.95 bits per heavy atom. The number of rotatable bonds is 4. The van der Waals surface area contributed by atoms with Gasteiger partial charge in [-0.3, -0.25) is 9.59 Å². The van der Waals surface area contributed by atoms with Crippen molar-refractivity contribution in [3.05, 3.63) is 51.7 Å². The van der Waals surface area contributed by atoms with E-state index in [9.17, 15) is 18.4 Å². The maximum absolute atomic E-state index is 13.0. The minimum atomic E-state index is -1.05. The zero-order valence-corrected chi connectivity index (χ0v) is 11.9. The van der Waals surface area contributed by atoms with Crippen LogP contribution in [0.4, 0.5) is 14.5 Å². The van der Waals surface area contributed by atoms with E-state index in [1.54, 1.807) is 18.4 Å². The molecule has 0 atom stereocenters. The number of aryl methyl sites for hydroxylation is 1. The molecule has 0 spiro atoms. The van der Waals surface area contributed by atoms with Gasteiger partial charge in [0.1, 0.15) is 0 Å². The monoisotopic (exact) mass is 310 g/mol. The van der Waals surface area contributed by atoms with Crippen molar-refractivity contribution in [3.63, 3.8) is 0 Å². The molecule has 0 aliphatic heterocycles. The average Bonchev–Trinajstić information content (AvgIpc) is 2.86. The fourth-order valence-corrected chi connectivity index (χ4v) is 2.47. The molecule has 4 nitrogen and oxygen atoms in total. The highest BCUT2D eigenvalue weighted by Gasteiger charge is 2.12. The Bertz CT molecular complexity index is 685. The minimum absolute atomic E-state index is 0.125. The third-order valence-corrected chi connectivity index (χ3v) is 3.70. The number of halogens is 2. The summed E-state index contributed by atoms with van der Waals surface area (Å²) < 4.78 is 25.7. The molecule has 0 unspecified atom stereocenters. The van der Waals surface area contributed by atoms with E-state index in [-0.39, 0.29) is 18.1 Å². The highest BCUT2D eigenvalue weighted by molar-refractivity contribution is 7.12. The largest absolute Gasteiger partial charge is 0.342 e. The van der Waals surface area contributed by atoms with Crippen LogP contribution in [0.15, 0.2) is 29.6 Å². The van der Waals surface area contributed by atoms with Gasteiger partial charge in [0.2, 0.25) is 5.91 Å². The standard InChI is InChI=1S/C14H12F2N2O2S/c1-8-4-5-21-13(8)14(20)17-7-12(19)18-9-2-3-10(15)11(16)6-9/h2-6H,7H2,1H3,(H,17,20)(H,18,19). The average molecular weight is 310 g/mol. The summed E-state index contributed by atoms with van der Waals surface area (Å²) in [7, 11) is 0. The first kappa shape index (κ1) is 15.1. The Kier molecular flexibility index (Phi) is 4.64. The molecule has 21 heavy (non-hydrogen) atoms.